The summed E-state index contributed by atoms with van der Waals surface area (Å²) in [6.07, 6.45) is 12.3. The number of unbranched alkanes of at least 4 members (excludes halogenated alkanes) is 7. The summed E-state index contributed by atoms with van der Waals surface area (Å²) in [6, 6.07) is 0. The van der Waals surface area contributed by atoms with Crippen molar-refractivity contribution in [3.05, 3.63) is 0 Å². The molecule has 0 radical (unpaired) electrons. The van der Waals surface area contributed by atoms with Gasteiger partial charge in [-0.2, -0.15) is 0 Å². The van der Waals surface area contributed by atoms with Crippen LogP contribution in [0.5, 0.6) is 0 Å². The number of hydrogen-bond donors (Lipinski definition) is 1. The first-order chi connectivity index (χ1) is 10.9. The summed E-state index contributed by atoms with van der Waals surface area (Å²) in [7, 11) is -4.19. The molecule has 1 N–H and O–H groups in total. The van der Waals surface area contributed by atoms with E-state index in [0.29, 0.717) is 25.7 Å². The van der Waals surface area contributed by atoms with E-state index < -0.39 is 15.4 Å². The third-order valence-electron chi connectivity index (χ3n) is 4.49. The predicted octanol–water partition coefficient (Wildman–Crippen LogP) is 1.77. The number of hydrogen-bond acceptors (Lipinski definition) is 4. The second kappa shape index (κ2) is 17.3. The number of aliphatic hydroxyl groups is 1. The van der Waals surface area contributed by atoms with Gasteiger partial charge < -0.3 is 9.66 Å². The topological polar surface area (TPSA) is 77.4 Å². The Bertz CT molecular complexity index is 360. The molecule has 2 unspecified atom stereocenters. The van der Waals surface area contributed by atoms with Gasteiger partial charge in [0.25, 0.3) is 0 Å². The zero-order valence-corrected chi connectivity index (χ0v) is 19.0. The van der Waals surface area contributed by atoms with Crippen LogP contribution in [0.3, 0.4) is 0 Å². The van der Waals surface area contributed by atoms with Crippen LogP contribution < -0.4 is 29.6 Å². The van der Waals surface area contributed by atoms with Crippen molar-refractivity contribution in [3.8, 4) is 0 Å². The molecule has 0 saturated carbocycles. The normalized spacial score (nSPS) is 14.2. The first-order valence-corrected chi connectivity index (χ1v) is 11.0. The quantitative estimate of drug-likeness (QED) is 0.254. The van der Waals surface area contributed by atoms with Crippen molar-refractivity contribution in [2.45, 2.75) is 115 Å². The van der Waals surface area contributed by atoms with Crippen LogP contribution in [0.1, 0.15) is 104 Å². The van der Waals surface area contributed by atoms with Gasteiger partial charge in [0.05, 0.1) is 16.2 Å². The van der Waals surface area contributed by atoms with Gasteiger partial charge in [-0.25, -0.2) is 8.42 Å². The Labute approximate surface area is 172 Å². The summed E-state index contributed by atoms with van der Waals surface area (Å²) >= 11 is 0. The first kappa shape index (κ1) is 27.1. The largest absolute Gasteiger partial charge is 1.00 e. The third-order valence-corrected chi connectivity index (χ3v) is 5.78. The van der Waals surface area contributed by atoms with Crippen LogP contribution in [0.2, 0.25) is 0 Å². The SMILES string of the molecule is CCCCCCCC(CCCCC(O)CCCCC)S(=O)(=O)[O-].[Na+]. The number of rotatable bonds is 16. The van der Waals surface area contributed by atoms with Gasteiger partial charge in [0.15, 0.2) is 0 Å². The minimum atomic E-state index is -4.19. The van der Waals surface area contributed by atoms with E-state index in [-0.39, 0.29) is 35.7 Å². The summed E-state index contributed by atoms with van der Waals surface area (Å²) in [4.78, 5) is 0. The van der Waals surface area contributed by atoms with Crippen molar-refractivity contribution in [2.24, 2.45) is 0 Å². The maximum atomic E-state index is 11.3. The van der Waals surface area contributed by atoms with Gasteiger partial charge >= 0.3 is 29.6 Å². The molecule has 0 aromatic rings. The molecule has 0 aliphatic rings. The second-order valence-electron chi connectivity index (χ2n) is 6.75. The van der Waals surface area contributed by atoms with Crippen LogP contribution in [-0.2, 0) is 10.1 Å². The fraction of sp³-hybridized carbons (Fsp3) is 1.00. The Kier molecular flexibility index (Phi) is 19.5. The maximum Gasteiger partial charge on any atom is 1.00 e. The molecule has 0 heterocycles. The van der Waals surface area contributed by atoms with Crippen molar-refractivity contribution in [3.63, 3.8) is 0 Å². The molecule has 0 saturated heterocycles. The van der Waals surface area contributed by atoms with E-state index in [0.717, 1.165) is 57.8 Å². The molecule has 4 nitrogen and oxygen atoms in total. The molecule has 24 heavy (non-hydrogen) atoms. The van der Waals surface area contributed by atoms with Crippen molar-refractivity contribution in [2.75, 3.05) is 0 Å². The van der Waals surface area contributed by atoms with Crippen LogP contribution in [-0.4, -0.2) is 29.4 Å². The van der Waals surface area contributed by atoms with Crippen LogP contribution in [0.25, 0.3) is 0 Å². The summed E-state index contributed by atoms with van der Waals surface area (Å²) in [6.45, 7) is 4.28. The van der Waals surface area contributed by atoms with E-state index in [1.807, 2.05) is 0 Å². The molecule has 2 atom stereocenters. The molecule has 0 aliphatic carbocycles. The molecule has 0 bridgehead atoms. The van der Waals surface area contributed by atoms with E-state index in [4.69, 9.17) is 0 Å². The van der Waals surface area contributed by atoms with Crippen LogP contribution >= 0.6 is 0 Å². The monoisotopic (exact) mass is 372 g/mol. The zero-order chi connectivity index (χ0) is 17.6. The zero-order valence-electron chi connectivity index (χ0n) is 16.1. The summed E-state index contributed by atoms with van der Waals surface area (Å²) in [5.41, 5.74) is 0. The van der Waals surface area contributed by atoms with E-state index in [2.05, 4.69) is 13.8 Å². The molecule has 140 valence electrons. The van der Waals surface area contributed by atoms with E-state index >= 15 is 0 Å². The molecule has 0 aliphatic heterocycles. The Morgan fingerprint density at radius 2 is 1.12 bits per heavy atom. The van der Waals surface area contributed by atoms with Crippen LogP contribution in [0.4, 0.5) is 0 Å². The Hall–Kier alpha value is 0.870. The second-order valence-corrected chi connectivity index (χ2v) is 8.40. The van der Waals surface area contributed by atoms with Crippen molar-refractivity contribution < 1.29 is 47.6 Å². The van der Waals surface area contributed by atoms with Gasteiger partial charge in [-0.15, -0.1) is 0 Å². The van der Waals surface area contributed by atoms with Crippen molar-refractivity contribution >= 4 is 10.1 Å². The standard InChI is InChI=1S/C18H38O4S.Na/c1-3-5-7-8-10-15-18(23(20,21)22)16-12-11-14-17(19)13-9-6-4-2;/h17-19H,3-16H2,1-2H3,(H,20,21,22);/q;+1/p-1. The maximum absolute atomic E-state index is 11.3. The molecule has 0 aromatic heterocycles. The number of aliphatic hydroxyl groups excluding tert-OH is 1. The van der Waals surface area contributed by atoms with Crippen LogP contribution in [0.15, 0.2) is 0 Å². The summed E-state index contributed by atoms with van der Waals surface area (Å²) in [5, 5.41) is 9.11. The fourth-order valence-corrected chi connectivity index (χ4v) is 3.85. The van der Waals surface area contributed by atoms with Gasteiger partial charge in [0, 0.05) is 5.25 Å². The van der Waals surface area contributed by atoms with E-state index in [1.165, 1.54) is 6.42 Å². The first-order valence-electron chi connectivity index (χ1n) is 9.54. The molecule has 0 rings (SSSR count). The molecular weight excluding hydrogens is 335 g/mol. The van der Waals surface area contributed by atoms with Gasteiger partial charge in [-0.05, 0) is 25.7 Å². The van der Waals surface area contributed by atoms with Gasteiger partial charge in [-0.1, -0.05) is 78.1 Å². The third kappa shape index (κ3) is 16.3. The summed E-state index contributed by atoms with van der Waals surface area (Å²) < 4.78 is 34.0. The molecule has 0 spiro atoms. The van der Waals surface area contributed by atoms with Gasteiger partial charge in [0.2, 0.25) is 0 Å². The molecular formula is C18H37NaO4S. The van der Waals surface area contributed by atoms with E-state index in [1.54, 1.807) is 0 Å². The van der Waals surface area contributed by atoms with Gasteiger partial charge in [0.1, 0.15) is 0 Å². The average molecular weight is 373 g/mol. The van der Waals surface area contributed by atoms with Crippen LogP contribution in [0, 0.1) is 0 Å². The Morgan fingerprint density at radius 3 is 1.62 bits per heavy atom. The molecule has 6 heteroatoms. The summed E-state index contributed by atoms with van der Waals surface area (Å²) in [5.74, 6) is 0. The fourth-order valence-electron chi connectivity index (χ4n) is 2.93. The minimum Gasteiger partial charge on any atom is -0.748 e. The van der Waals surface area contributed by atoms with E-state index in [9.17, 15) is 18.1 Å². The minimum absolute atomic E-state index is 0. The van der Waals surface area contributed by atoms with Crippen molar-refractivity contribution in [1.29, 1.82) is 0 Å². The molecule has 0 fully saturated rings. The van der Waals surface area contributed by atoms with Gasteiger partial charge in [-0.3, -0.25) is 0 Å². The molecule has 0 amide bonds. The Morgan fingerprint density at radius 1 is 0.750 bits per heavy atom. The Balaban J connectivity index is 0. The average Bonchev–Trinajstić information content (AvgIpc) is 2.48. The predicted molar refractivity (Wildman–Crippen MR) is 95.5 cm³/mol. The molecule has 0 aromatic carbocycles. The van der Waals surface area contributed by atoms with Crippen molar-refractivity contribution in [1.82, 2.24) is 0 Å². The smallest absolute Gasteiger partial charge is 0.748 e.